The summed E-state index contributed by atoms with van der Waals surface area (Å²) in [5.41, 5.74) is -0.658. The number of halogens is 5. The van der Waals surface area contributed by atoms with Crippen LogP contribution in [0.25, 0.3) is 22.0 Å². The average Bonchev–Trinajstić information content (AvgIpc) is 3.09. The van der Waals surface area contributed by atoms with Crippen LogP contribution in [-0.2, 0) is 6.18 Å². The van der Waals surface area contributed by atoms with E-state index in [9.17, 15) is 22.0 Å². The number of aromatic nitrogens is 1. The zero-order chi connectivity index (χ0) is 16.8. The normalized spacial score (nSPS) is 12.0. The SMILES string of the molecule is N#Cc1ccc2[nH]c(C(F)F)c(-c3ccsc3C(F)(F)F)c2c1. The van der Waals surface area contributed by atoms with E-state index in [4.69, 9.17) is 5.26 Å². The fraction of sp³-hybridized carbons (Fsp3) is 0.133. The summed E-state index contributed by atoms with van der Waals surface area (Å²) in [6, 6.07) is 7.15. The summed E-state index contributed by atoms with van der Waals surface area (Å²) in [7, 11) is 0. The second-order valence-electron chi connectivity index (χ2n) is 4.75. The molecular weight excluding hydrogens is 335 g/mol. The summed E-state index contributed by atoms with van der Waals surface area (Å²) in [6.45, 7) is 0. The predicted octanol–water partition coefficient (Wildman–Crippen LogP) is 5.72. The molecule has 0 spiro atoms. The van der Waals surface area contributed by atoms with Crippen LogP contribution < -0.4 is 0 Å². The lowest BCUT2D eigenvalue weighted by Gasteiger charge is -2.09. The van der Waals surface area contributed by atoms with Crippen molar-refractivity contribution in [3.05, 3.63) is 45.8 Å². The predicted molar refractivity (Wildman–Crippen MR) is 76.3 cm³/mol. The van der Waals surface area contributed by atoms with Crippen molar-refractivity contribution in [3.63, 3.8) is 0 Å². The number of H-pyrrole nitrogens is 1. The minimum absolute atomic E-state index is 0.170. The first-order valence-electron chi connectivity index (χ1n) is 6.32. The van der Waals surface area contributed by atoms with E-state index in [1.54, 1.807) is 0 Å². The fourth-order valence-corrected chi connectivity index (χ4v) is 3.23. The molecule has 118 valence electrons. The molecule has 0 amide bonds. The maximum absolute atomic E-state index is 13.3. The van der Waals surface area contributed by atoms with Crippen LogP contribution in [-0.4, -0.2) is 4.98 Å². The van der Waals surface area contributed by atoms with E-state index in [-0.39, 0.29) is 27.6 Å². The number of hydrogen-bond acceptors (Lipinski definition) is 2. The van der Waals surface area contributed by atoms with Gasteiger partial charge in [-0.3, -0.25) is 0 Å². The van der Waals surface area contributed by atoms with Gasteiger partial charge in [0.2, 0.25) is 0 Å². The highest BCUT2D eigenvalue weighted by molar-refractivity contribution is 7.10. The molecule has 23 heavy (non-hydrogen) atoms. The molecule has 1 aromatic carbocycles. The van der Waals surface area contributed by atoms with Crippen molar-refractivity contribution in [3.8, 4) is 17.2 Å². The number of nitrogens with one attached hydrogen (secondary N) is 1. The molecule has 2 aromatic heterocycles. The molecule has 0 fully saturated rings. The molecule has 0 unspecified atom stereocenters. The van der Waals surface area contributed by atoms with Crippen molar-refractivity contribution in [2.75, 3.05) is 0 Å². The third kappa shape index (κ3) is 2.57. The van der Waals surface area contributed by atoms with E-state index in [1.165, 1.54) is 29.6 Å². The number of nitrogens with zero attached hydrogens (tertiary/aromatic N) is 1. The molecule has 0 aliphatic rings. The van der Waals surface area contributed by atoms with Crippen LogP contribution in [0, 0.1) is 11.3 Å². The molecule has 0 bridgehead atoms. The maximum atomic E-state index is 13.3. The topological polar surface area (TPSA) is 39.6 Å². The van der Waals surface area contributed by atoms with Crippen LogP contribution in [0.4, 0.5) is 22.0 Å². The fourth-order valence-electron chi connectivity index (χ4n) is 2.46. The summed E-state index contributed by atoms with van der Waals surface area (Å²) in [4.78, 5) is 1.52. The number of hydrogen-bond donors (Lipinski definition) is 1. The summed E-state index contributed by atoms with van der Waals surface area (Å²) in [6.07, 6.45) is -7.61. The first kappa shape index (κ1) is 15.5. The number of fused-ring (bicyclic) bond motifs is 1. The van der Waals surface area contributed by atoms with Crippen LogP contribution in [0.2, 0.25) is 0 Å². The second kappa shape index (κ2) is 5.35. The minimum atomic E-state index is -4.64. The van der Waals surface area contributed by atoms with E-state index < -0.39 is 23.2 Å². The van der Waals surface area contributed by atoms with E-state index >= 15 is 0 Å². The Morgan fingerprint density at radius 3 is 2.52 bits per heavy atom. The van der Waals surface area contributed by atoms with E-state index in [0.717, 1.165) is 0 Å². The van der Waals surface area contributed by atoms with Crippen molar-refractivity contribution in [2.45, 2.75) is 12.6 Å². The van der Waals surface area contributed by atoms with Gasteiger partial charge in [0, 0.05) is 22.0 Å². The average molecular weight is 342 g/mol. The quantitative estimate of drug-likeness (QED) is 0.594. The molecule has 3 rings (SSSR count). The number of alkyl halides is 5. The summed E-state index contributed by atoms with van der Waals surface area (Å²) < 4.78 is 65.9. The van der Waals surface area contributed by atoms with Gasteiger partial charge in [-0.15, -0.1) is 11.3 Å². The third-order valence-corrected chi connectivity index (χ3v) is 4.33. The molecule has 0 saturated carbocycles. The van der Waals surface area contributed by atoms with Crippen molar-refractivity contribution < 1.29 is 22.0 Å². The Morgan fingerprint density at radius 2 is 1.91 bits per heavy atom. The zero-order valence-corrected chi connectivity index (χ0v) is 12.0. The van der Waals surface area contributed by atoms with Crippen LogP contribution in [0.5, 0.6) is 0 Å². The molecule has 0 atom stereocenters. The lowest BCUT2D eigenvalue weighted by molar-refractivity contribution is -0.133. The lowest BCUT2D eigenvalue weighted by atomic mass is 10.0. The Kier molecular flexibility index (Phi) is 3.60. The molecule has 2 nitrogen and oxygen atoms in total. The Morgan fingerprint density at radius 1 is 1.17 bits per heavy atom. The summed E-state index contributed by atoms with van der Waals surface area (Å²) >= 11 is 0.445. The van der Waals surface area contributed by atoms with Gasteiger partial charge in [0.1, 0.15) is 4.88 Å². The van der Waals surface area contributed by atoms with Gasteiger partial charge >= 0.3 is 6.18 Å². The zero-order valence-electron chi connectivity index (χ0n) is 11.2. The number of thiophene rings is 1. The van der Waals surface area contributed by atoms with Gasteiger partial charge in [-0.05, 0) is 29.6 Å². The molecular formula is C15H7F5N2S. The summed E-state index contributed by atoms with van der Waals surface area (Å²) in [5.74, 6) is 0. The molecule has 1 N–H and O–H groups in total. The molecule has 2 heterocycles. The van der Waals surface area contributed by atoms with Crippen LogP contribution in [0.1, 0.15) is 22.6 Å². The van der Waals surface area contributed by atoms with E-state index in [0.29, 0.717) is 11.3 Å². The first-order chi connectivity index (χ1) is 10.8. The first-order valence-corrected chi connectivity index (χ1v) is 7.20. The third-order valence-electron chi connectivity index (χ3n) is 3.37. The van der Waals surface area contributed by atoms with Crippen LogP contribution in [0.15, 0.2) is 29.6 Å². The van der Waals surface area contributed by atoms with Gasteiger partial charge in [0.05, 0.1) is 17.3 Å². The van der Waals surface area contributed by atoms with Crippen LogP contribution >= 0.6 is 11.3 Å². The van der Waals surface area contributed by atoms with Gasteiger partial charge < -0.3 is 4.98 Å². The monoisotopic (exact) mass is 342 g/mol. The van der Waals surface area contributed by atoms with Crippen molar-refractivity contribution in [2.24, 2.45) is 0 Å². The minimum Gasteiger partial charge on any atom is -0.353 e. The number of rotatable bonds is 2. The Hall–Kier alpha value is -2.40. The lowest BCUT2D eigenvalue weighted by Crippen LogP contribution is -2.04. The maximum Gasteiger partial charge on any atom is 0.426 e. The highest BCUT2D eigenvalue weighted by atomic mass is 32.1. The van der Waals surface area contributed by atoms with Gasteiger partial charge in [0.15, 0.2) is 0 Å². The van der Waals surface area contributed by atoms with Gasteiger partial charge in [-0.1, -0.05) is 0 Å². The molecule has 8 heteroatoms. The Bertz CT molecular complexity index is 914. The van der Waals surface area contributed by atoms with Crippen molar-refractivity contribution >= 4 is 22.2 Å². The number of benzene rings is 1. The van der Waals surface area contributed by atoms with E-state index in [1.807, 2.05) is 6.07 Å². The number of aromatic amines is 1. The highest BCUT2D eigenvalue weighted by Gasteiger charge is 2.37. The summed E-state index contributed by atoms with van der Waals surface area (Å²) in [5, 5.41) is 10.3. The van der Waals surface area contributed by atoms with E-state index in [2.05, 4.69) is 4.98 Å². The Labute approximate surface area is 130 Å². The van der Waals surface area contributed by atoms with Crippen LogP contribution in [0.3, 0.4) is 0 Å². The molecule has 0 radical (unpaired) electrons. The largest absolute Gasteiger partial charge is 0.426 e. The Balaban J connectivity index is 2.38. The smallest absolute Gasteiger partial charge is 0.353 e. The highest BCUT2D eigenvalue weighted by Crippen LogP contribution is 2.46. The van der Waals surface area contributed by atoms with Crippen molar-refractivity contribution in [1.82, 2.24) is 4.98 Å². The van der Waals surface area contributed by atoms with Gasteiger partial charge in [-0.2, -0.15) is 18.4 Å². The molecule has 0 saturated heterocycles. The number of nitriles is 1. The van der Waals surface area contributed by atoms with Gasteiger partial charge in [0.25, 0.3) is 6.43 Å². The standard InChI is InChI=1S/C15H7F5N2S/c16-14(17)12-11(8-3-4-23-13(8)15(18,19)20)9-5-7(6-21)1-2-10(9)22-12/h1-5,14,22H. The molecule has 0 aliphatic heterocycles. The molecule has 0 aliphatic carbocycles. The second-order valence-corrected chi connectivity index (χ2v) is 5.66. The molecule has 3 aromatic rings. The van der Waals surface area contributed by atoms with Crippen molar-refractivity contribution in [1.29, 1.82) is 5.26 Å². The van der Waals surface area contributed by atoms with Gasteiger partial charge in [-0.25, -0.2) is 8.78 Å².